The molecule has 0 amide bonds. The highest BCUT2D eigenvalue weighted by atomic mass is 16.5. The lowest BCUT2D eigenvalue weighted by Gasteiger charge is -2.33. The average Bonchev–Trinajstić information content (AvgIpc) is 2.97. The fourth-order valence-electron chi connectivity index (χ4n) is 4.86. The highest BCUT2D eigenvalue weighted by Crippen LogP contribution is 2.35. The molecule has 0 saturated heterocycles. The van der Waals surface area contributed by atoms with Crippen molar-refractivity contribution in [2.24, 2.45) is 10.8 Å². The third-order valence-electron chi connectivity index (χ3n) is 7.11. The summed E-state index contributed by atoms with van der Waals surface area (Å²) in [6.45, 7) is 6.65. The second-order valence-corrected chi connectivity index (χ2v) is 10.8. The maximum Gasteiger partial charge on any atom is 0.156 e. The summed E-state index contributed by atoms with van der Waals surface area (Å²) >= 11 is 0. The molecule has 1 atom stereocenters. The molecule has 3 heterocycles. The molecule has 1 aliphatic heterocycles. The van der Waals surface area contributed by atoms with Crippen molar-refractivity contribution in [3.05, 3.63) is 120 Å². The van der Waals surface area contributed by atoms with Crippen molar-refractivity contribution in [1.29, 1.82) is 0 Å². The summed E-state index contributed by atoms with van der Waals surface area (Å²) < 4.78 is 11.5. The number of ether oxygens (including phenoxy) is 2. The van der Waals surface area contributed by atoms with E-state index in [4.69, 9.17) is 20.3 Å². The maximum atomic E-state index is 6.75. The van der Waals surface area contributed by atoms with Crippen LogP contribution in [0.3, 0.4) is 0 Å². The number of hydrogen-bond donors (Lipinski definition) is 1. The summed E-state index contributed by atoms with van der Waals surface area (Å²) in [5.41, 5.74) is 14.3. The Morgan fingerprint density at radius 3 is 2.33 bits per heavy atom. The van der Waals surface area contributed by atoms with Crippen LogP contribution in [0.2, 0.25) is 0 Å². The van der Waals surface area contributed by atoms with E-state index in [2.05, 4.69) is 67.1 Å². The summed E-state index contributed by atoms with van der Waals surface area (Å²) in [7, 11) is 1.60. The van der Waals surface area contributed by atoms with E-state index in [1.54, 1.807) is 25.6 Å². The van der Waals surface area contributed by atoms with E-state index >= 15 is 0 Å². The normalized spacial score (nSPS) is 15.0. The summed E-state index contributed by atoms with van der Waals surface area (Å²) in [6.07, 6.45) is 2.92. The fourth-order valence-corrected chi connectivity index (χ4v) is 4.86. The molecule has 2 N–H and O–H groups in total. The number of anilines is 1. The minimum absolute atomic E-state index is 0.0779. The summed E-state index contributed by atoms with van der Waals surface area (Å²) in [4.78, 5) is 8.86. The molecule has 2 aromatic heterocycles. The fraction of sp³-hybridized carbons (Fsp3) is 0.182. The van der Waals surface area contributed by atoms with Crippen LogP contribution in [0, 0.1) is 0 Å². The van der Waals surface area contributed by atoms with E-state index in [-0.39, 0.29) is 5.41 Å². The molecule has 0 spiro atoms. The topological polar surface area (TPSA) is 85.9 Å². The number of nitrogens with two attached hydrogens (primary N) is 1. The van der Waals surface area contributed by atoms with Crippen LogP contribution in [0.5, 0.6) is 17.2 Å². The lowest BCUT2D eigenvalue weighted by molar-refractivity contribution is 0.413. The van der Waals surface area contributed by atoms with Gasteiger partial charge in [0, 0.05) is 35.0 Å². The number of pyridine rings is 2. The lowest BCUT2D eigenvalue weighted by atomic mass is 9.85. The number of hydrogen-bond acceptors (Lipinski definition) is 7. The minimum atomic E-state index is -0.427. The third kappa shape index (κ3) is 4.76. The highest BCUT2D eigenvalue weighted by molar-refractivity contribution is 6.15. The number of methoxy groups -OCH3 is 1. The van der Waals surface area contributed by atoms with Crippen molar-refractivity contribution in [2.75, 3.05) is 12.1 Å². The van der Waals surface area contributed by atoms with Gasteiger partial charge >= 0.3 is 0 Å². The number of benzene rings is 3. The molecule has 1 unspecified atom stereocenters. The SMILES string of the molecule is COc1cnc2c(Oc3ccc(N4N=C(c5ccc(C(C)(C)C)cc5)c5ccccc5C4N)cc3)ccnc2c1. The van der Waals surface area contributed by atoms with Gasteiger partial charge in [-0.1, -0.05) is 69.3 Å². The summed E-state index contributed by atoms with van der Waals surface area (Å²) in [6, 6.07) is 28.2. The van der Waals surface area contributed by atoms with Crippen molar-refractivity contribution in [3.8, 4) is 17.2 Å². The van der Waals surface area contributed by atoms with Gasteiger partial charge in [-0.25, -0.2) is 9.99 Å². The van der Waals surface area contributed by atoms with Gasteiger partial charge in [0.25, 0.3) is 0 Å². The lowest BCUT2D eigenvalue weighted by Crippen LogP contribution is -2.36. The molecule has 6 rings (SSSR count). The van der Waals surface area contributed by atoms with Gasteiger partial charge in [0.15, 0.2) is 5.75 Å². The first-order valence-electron chi connectivity index (χ1n) is 13.2. The second-order valence-electron chi connectivity index (χ2n) is 10.8. The minimum Gasteiger partial charge on any atom is -0.495 e. The zero-order chi connectivity index (χ0) is 27.9. The Labute approximate surface area is 233 Å². The van der Waals surface area contributed by atoms with Gasteiger partial charge in [0.2, 0.25) is 0 Å². The van der Waals surface area contributed by atoms with E-state index in [0.29, 0.717) is 28.3 Å². The van der Waals surface area contributed by atoms with Crippen molar-refractivity contribution in [2.45, 2.75) is 32.4 Å². The van der Waals surface area contributed by atoms with Crippen LogP contribution in [-0.4, -0.2) is 22.8 Å². The summed E-state index contributed by atoms with van der Waals surface area (Å²) in [5.74, 6) is 1.93. The number of nitrogens with zero attached hydrogens (tertiary/aromatic N) is 4. The first-order valence-corrected chi connectivity index (χ1v) is 13.2. The van der Waals surface area contributed by atoms with Crippen LogP contribution >= 0.6 is 0 Å². The Morgan fingerprint density at radius 2 is 1.60 bits per heavy atom. The number of aromatic nitrogens is 2. The Bertz CT molecular complexity index is 1710. The molecule has 5 aromatic rings. The highest BCUT2D eigenvalue weighted by Gasteiger charge is 2.28. The predicted octanol–water partition coefficient (Wildman–Crippen LogP) is 6.96. The predicted molar refractivity (Wildman–Crippen MR) is 159 cm³/mol. The zero-order valence-corrected chi connectivity index (χ0v) is 23.0. The van der Waals surface area contributed by atoms with Gasteiger partial charge in [-0.05, 0) is 35.2 Å². The van der Waals surface area contributed by atoms with Crippen LogP contribution in [0.4, 0.5) is 5.69 Å². The van der Waals surface area contributed by atoms with Gasteiger partial charge in [-0.3, -0.25) is 4.98 Å². The smallest absolute Gasteiger partial charge is 0.156 e. The Kier molecular flexibility index (Phi) is 6.44. The molecule has 40 heavy (non-hydrogen) atoms. The van der Waals surface area contributed by atoms with E-state index in [0.717, 1.165) is 28.1 Å². The van der Waals surface area contributed by atoms with Gasteiger partial charge < -0.3 is 15.2 Å². The molecule has 0 fully saturated rings. The van der Waals surface area contributed by atoms with E-state index in [1.807, 2.05) is 47.5 Å². The first kappa shape index (κ1) is 25.5. The van der Waals surface area contributed by atoms with Crippen LogP contribution in [0.15, 0.2) is 102 Å². The maximum absolute atomic E-state index is 6.75. The molecular formula is C33H31N5O2. The largest absolute Gasteiger partial charge is 0.495 e. The van der Waals surface area contributed by atoms with Gasteiger partial charge in [-0.15, -0.1) is 0 Å². The third-order valence-corrected chi connectivity index (χ3v) is 7.11. The Hall–Kier alpha value is -4.75. The molecule has 0 saturated carbocycles. The molecule has 3 aromatic carbocycles. The van der Waals surface area contributed by atoms with Gasteiger partial charge in [0.1, 0.15) is 23.2 Å². The van der Waals surface area contributed by atoms with E-state index in [1.165, 1.54) is 5.56 Å². The second kappa shape index (κ2) is 10.1. The molecule has 0 radical (unpaired) electrons. The number of hydrazone groups is 1. The monoisotopic (exact) mass is 529 g/mol. The Morgan fingerprint density at radius 1 is 0.850 bits per heavy atom. The van der Waals surface area contributed by atoms with Crippen molar-refractivity contribution in [3.63, 3.8) is 0 Å². The van der Waals surface area contributed by atoms with Crippen molar-refractivity contribution < 1.29 is 9.47 Å². The molecule has 7 nitrogen and oxygen atoms in total. The van der Waals surface area contributed by atoms with Gasteiger partial charge in [0.05, 0.1) is 30.2 Å². The van der Waals surface area contributed by atoms with Crippen molar-refractivity contribution in [1.82, 2.24) is 9.97 Å². The molecule has 1 aliphatic rings. The first-order chi connectivity index (χ1) is 19.3. The number of rotatable bonds is 5. The standard InChI is InChI=1S/C33H31N5O2/c1-33(2,3)22-11-9-21(10-12-22)30-26-7-5-6-8-27(26)32(34)38(37-30)23-13-15-24(16-14-23)40-29-17-18-35-28-19-25(39-4)20-36-31(28)29/h5-20,32H,34H2,1-4H3. The van der Waals surface area contributed by atoms with Crippen molar-refractivity contribution >= 4 is 22.4 Å². The van der Waals surface area contributed by atoms with Crippen LogP contribution in [0.1, 0.15) is 49.2 Å². The molecule has 7 heteroatoms. The number of fused-ring (bicyclic) bond motifs is 2. The molecular weight excluding hydrogens is 498 g/mol. The quantitative estimate of drug-likeness (QED) is 0.265. The zero-order valence-electron chi connectivity index (χ0n) is 23.0. The van der Waals surface area contributed by atoms with Crippen LogP contribution in [0.25, 0.3) is 11.0 Å². The van der Waals surface area contributed by atoms with Crippen LogP contribution < -0.4 is 20.2 Å². The average molecular weight is 530 g/mol. The van der Waals surface area contributed by atoms with E-state index < -0.39 is 6.17 Å². The van der Waals surface area contributed by atoms with E-state index in [9.17, 15) is 0 Å². The molecule has 0 aliphatic carbocycles. The van der Waals surface area contributed by atoms with Gasteiger partial charge in [-0.2, -0.15) is 5.10 Å². The van der Waals surface area contributed by atoms with Crippen LogP contribution in [-0.2, 0) is 5.41 Å². The summed E-state index contributed by atoms with van der Waals surface area (Å²) in [5, 5.41) is 6.93. The molecule has 0 bridgehead atoms. The molecule has 200 valence electrons. The Balaban J connectivity index is 1.32.